The molecule has 0 saturated carbocycles. The zero-order chi connectivity index (χ0) is 14.9. The molecule has 9 heteroatoms. The number of halogens is 5. The Hall–Kier alpha value is -1.51. The van der Waals surface area contributed by atoms with Crippen LogP contribution in [-0.4, -0.2) is 24.4 Å². The van der Waals surface area contributed by atoms with Crippen molar-refractivity contribution in [2.45, 2.75) is 6.18 Å². The fourth-order valence-electron chi connectivity index (χ4n) is 1.85. The first-order valence-electron chi connectivity index (χ1n) is 5.42. The standard InChI is InChI=1S/C11H8BF5N2S/c1-20-10(7-3-2-6-18-7)8-4-5-9(11(13,14)15)19(8)12(16)17/h2-6H,1H3/b10-7+. The van der Waals surface area contributed by atoms with E-state index in [1.807, 2.05) is 0 Å². The van der Waals surface area contributed by atoms with Crippen molar-refractivity contribution in [2.75, 3.05) is 6.26 Å². The predicted octanol–water partition coefficient (Wildman–Crippen LogP) is 3.95. The summed E-state index contributed by atoms with van der Waals surface area (Å²) in [5.74, 6) is 0. The highest BCUT2D eigenvalue weighted by molar-refractivity contribution is 8.07. The highest BCUT2D eigenvalue weighted by atomic mass is 32.2. The maximum atomic E-state index is 13.0. The molecule has 1 aliphatic heterocycles. The molecule has 0 aliphatic carbocycles. The average Bonchev–Trinajstić information content (AvgIpc) is 2.97. The third-order valence-electron chi connectivity index (χ3n) is 2.63. The van der Waals surface area contributed by atoms with Crippen molar-refractivity contribution in [3.05, 3.63) is 41.4 Å². The van der Waals surface area contributed by atoms with Crippen LogP contribution in [0.3, 0.4) is 0 Å². The maximum absolute atomic E-state index is 13.0. The fourth-order valence-corrected chi connectivity index (χ4v) is 2.56. The zero-order valence-electron chi connectivity index (χ0n) is 10.2. The lowest BCUT2D eigenvalue weighted by Crippen LogP contribution is -2.23. The molecule has 106 valence electrons. The van der Waals surface area contributed by atoms with Crippen LogP contribution in [-0.2, 0) is 6.18 Å². The van der Waals surface area contributed by atoms with Crippen LogP contribution in [0.15, 0.2) is 35.0 Å². The maximum Gasteiger partial charge on any atom is 0.678 e. The quantitative estimate of drug-likeness (QED) is 0.610. The Morgan fingerprint density at radius 3 is 2.45 bits per heavy atom. The number of thioether (sulfide) groups is 1. The molecule has 0 fully saturated rings. The monoisotopic (exact) mass is 306 g/mol. The first kappa shape index (κ1) is 14.9. The van der Waals surface area contributed by atoms with Crippen molar-refractivity contribution in [1.82, 2.24) is 4.48 Å². The smallest absolute Gasteiger partial charge is 0.321 e. The summed E-state index contributed by atoms with van der Waals surface area (Å²) in [6.45, 7) is 0. The topological polar surface area (TPSA) is 17.3 Å². The molecule has 1 aromatic rings. The van der Waals surface area contributed by atoms with Crippen LogP contribution in [0, 0.1) is 0 Å². The van der Waals surface area contributed by atoms with E-state index in [9.17, 15) is 21.8 Å². The Kier molecular flexibility index (Phi) is 4.07. The van der Waals surface area contributed by atoms with Crippen molar-refractivity contribution in [3.8, 4) is 0 Å². The minimum Gasteiger partial charge on any atom is -0.321 e. The number of rotatable bonds is 3. The summed E-state index contributed by atoms with van der Waals surface area (Å²) in [5.41, 5.74) is -1.20. The van der Waals surface area contributed by atoms with E-state index in [4.69, 9.17) is 0 Å². The minimum absolute atomic E-state index is 0.0134. The first-order valence-corrected chi connectivity index (χ1v) is 6.64. The summed E-state index contributed by atoms with van der Waals surface area (Å²) in [5, 5.41) is 0. The molecule has 0 N–H and O–H groups in total. The lowest BCUT2D eigenvalue weighted by molar-refractivity contribution is -0.142. The van der Waals surface area contributed by atoms with Crippen LogP contribution in [0.5, 0.6) is 0 Å². The molecule has 1 aliphatic rings. The van der Waals surface area contributed by atoms with E-state index in [0.29, 0.717) is 11.8 Å². The van der Waals surface area contributed by atoms with Crippen molar-refractivity contribution in [3.63, 3.8) is 0 Å². The number of aliphatic imine (C=N–C) groups is 1. The van der Waals surface area contributed by atoms with Gasteiger partial charge in [0.2, 0.25) is 0 Å². The van der Waals surface area contributed by atoms with Crippen molar-refractivity contribution in [1.29, 1.82) is 0 Å². The van der Waals surface area contributed by atoms with Crippen LogP contribution in [0.2, 0.25) is 0 Å². The Bertz CT molecular complexity index is 586. The third-order valence-corrected chi connectivity index (χ3v) is 3.45. The zero-order valence-corrected chi connectivity index (χ0v) is 11.0. The van der Waals surface area contributed by atoms with Gasteiger partial charge in [0.15, 0.2) is 0 Å². The van der Waals surface area contributed by atoms with Gasteiger partial charge in [0.1, 0.15) is 5.69 Å². The van der Waals surface area contributed by atoms with E-state index < -0.39 is 19.3 Å². The lowest BCUT2D eigenvalue weighted by atomic mass is 10.2. The molecule has 0 bridgehead atoms. The lowest BCUT2D eigenvalue weighted by Gasteiger charge is -2.14. The van der Waals surface area contributed by atoms with Crippen LogP contribution < -0.4 is 0 Å². The van der Waals surface area contributed by atoms with Gasteiger partial charge in [-0.2, -0.15) is 13.2 Å². The van der Waals surface area contributed by atoms with Crippen molar-refractivity contribution < 1.29 is 21.8 Å². The van der Waals surface area contributed by atoms with Gasteiger partial charge in [-0.25, -0.2) is 0 Å². The highest BCUT2D eigenvalue weighted by Gasteiger charge is 2.39. The second-order valence-electron chi connectivity index (χ2n) is 3.81. The first-order chi connectivity index (χ1) is 9.36. The van der Waals surface area contributed by atoms with Gasteiger partial charge < -0.3 is 4.48 Å². The molecular formula is C11H8BF5N2S. The molecule has 2 rings (SSSR count). The molecule has 20 heavy (non-hydrogen) atoms. The second kappa shape index (κ2) is 5.47. The Morgan fingerprint density at radius 1 is 1.30 bits per heavy atom. The number of hydrogen-bond donors (Lipinski definition) is 0. The second-order valence-corrected chi connectivity index (χ2v) is 4.62. The highest BCUT2D eigenvalue weighted by Crippen LogP contribution is 2.37. The molecule has 2 heterocycles. The van der Waals surface area contributed by atoms with Crippen LogP contribution in [0.25, 0.3) is 4.91 Å². The van der Waals surface area contributed by atoms with E-state index in [-0.39, 0.29) is 15.1 Å². The van der Waals surface area contributed by atoms with Gasteiger partial charge in [-0.05, 0) is 30.5 Å². The molecule has 0 aromatic carbocycles. The summed E-state index contributed by atoms with van der Waals surface area (Å²) in [7, 11) is -3.28. The normalized spacial score (nSPS) is 16.9. The van der Waals surface area contributed by atoms with E-state index in [1.54, 1.807) is 18.4 Å². The number of allylic oxidation sites excluding steroid dienone is 2. The molecule has 0 atom stereocenters. The predicted molar refractivity (Wildman–Crippen MR) is 70.9 cm³/mol. The Morgan fingerprint density at radius 2 is 2.00 bits per heavy atom. The molecule has 0 amide bonds. The van der Waals surface area contributed by atoms with E-state index in [1.165, 1.54) is 6.21 Å². The molecular weight excluding hydrogens is 298 g/mol. The number of hydrogen-bond acceptors (Lipinski definition) is 2. The minimum atomic E-state index is -4.84. The molecule has 2 nitrogen and oxygen atoms in total. The SMILES string of the molecule is CS/C(=C1\C=CC=N1)c1ccc(C(F)(F)F)n1B(F)F. The van der Waals surface area contributed by atoms with Gasteiger partial charge in [0.25, 0.3) is 0 Å². The summed E-state index contributed by atoms with van der Waals surface area (Å²) in [6, 6.07) is 1.69. The average molecular weight is 306 g/mol. The van der Waals surface area contributed by atoms with Crippen molar-refractivity contribution >= 4 is 30.3 Å². The summed E-state index contributed by atoms with van der Waals surface area (Å²) >= 11 is 1.07. The summed E-state index contributed by atoms with van der Waals surface area (Å²) < 4.78 is 64.2. The van der Waals surface area contributed by atoms with E-state index >= 15 is 0 Å². The van der Waals surface area contributed by atoms with E-state index in [2.05, 4.69) is 4.99 Å². The molecule has 0 radical (unpaired) electrons. The van der Waals surface area contributed by atoms with Gasteiger partial charge in [-0.15, -0.1) is 11.8 Å². The molecule has 1 aromatic heterocycles. The van der Waals surface area contributed by atoms with Crippen LogP contribution in [0.4, 0.5) is 21.8 Å². The van der Waals surface area contributed by atoms with Gasteiger partial charge in [-0.3, -0.25) is 13.6 Å². The van der Waals surface area contributed by atoms with Crippen LogP contribution in [0.1, 0.15) is 11.4 Å². The molecule has 0 saturated heterocycles. The fraction of sp³-hybridized carbons (Fsp3) is 0.182. The van der Waals surface area contributed by atoms with Gasteiger partial charge in [-0.1, -0.05) is 0 Å². The van der Waals surface area contributed by atoms with Crippen molar-refractivity contribution in [2.24, 2.45) is 4.99 Å². The summed E-state index contributed by atoms with van der Waals surface area (Å²) in [6.07, 6.45) is 1.36. The molecule has 0 spiro atoms. The largest absolute Gasteiger partial charge is 0.678 e. The van der Waals surface area contributed by atoms with Gasteiger partial charge in [0, 0.05) is 11.9 Å². The Labute approximate surface area is 116 Å². The number of alkyl halides is 3. The van der Waals surface area contributed by atoms with Gasteiger partial charge in [0.05, 0.1) is 10.6 Å². The van der Waals surface area contributed by atoms with Crippen LogP contribution >= 0.6 is 11.8 Å². The third kappa shape index (κ3) is 2.67. The summed E-state index contributed by atoms with van der Waals surface area (Å²) in [4.78, 5) is 4.21. The van der Waals surface area contributed by atoms with Gasteiger partial charge >= 0.3 is 13.6 Å². The van der Waals surface area contributed by atoms with E-state index in [0.717, 1.165) is 17.8 Å². The number of aromatic nitrogens is 1. The molecule has 0 unspecified atom stereocenters. The Balaban J connectivity index is 2.64. The number of nitrogens with zero attached hydrogens (tertiary/aromatic N) is 2.